The number of nitriles is 1. The molecule has 0 unspecified atom stereocenters. The van der Waals surface area contributed by atoms with Crippen LogP contribution in [0.3, 0.4) is 0 Å². The summed E-state index contributed by atoms with van der Waals surface area (Å²) in [6, 6.07) is 14.4. The summed E-state index contributed by atoms with van der Waals surface area (Å²) in [7, 11) is 0. The molecule has 0 saturated heterocycles. The largest absolute Gasteiger partial charge is 0.338 e. The van der Waals surface area contributed by atoms with Crippen molar-refractivity contribution in [3.05, 3.63) is 54.5 Å². The van der Waals surface area contributed by atoms with Crippen LogP contribution >= 0.6 is 11.8 Å². The molecular formula is C18H12N4S. The number of nitrogens with zero attached hydrogens (tertiary/aromatic N) is 3. The van der Waals surface area contributed by atoms with E-state index in [2.05, 4.69) is 57.6 Å². The van der Waals surface area contributed by atoms with E-state index in [0.717, 1.165) is 33.1 Å². The summed E-state index contributed by atoms with van der Waals surface area (Å²) in [6.07, 6.45) is 5.61. The number of aromatic nitrogens is 3. The highest BCUT2D eigenvalue weighted by molar-refractivity contribution is 7.98. The molecule has 4 aromatic rings. The first-order valence-corrected chi connectivity index (χ1v) is 8.33. The monoisotopic (exact) mass is 316 g/mol. The Balaban J connectivity index is 1.91. The van der Waals surface area contributed by atoms with Crippen molar-refractivity contribution >= 4 is 33.7 Å². The van der Waals surface area contributed by atoms with E-state index in [1.807, 2.05) is 6.20 Å². The highest BCUT2D eigenvalue weighted by Gasteiger charge is 2.09. The SMILES string of the molecule is CSc1ccc(-c2cnc3[nH]c4cnc(C#N)cc4c3c2)cc1. The summed E-state index contributed by atoms with van der Waals surface area (Å²) in [6.45, 7) is 0. The lowest BCUT2D eigenvalue weighted by Crippen LogP contribution is -1.82. The molecule has 0 amide bonds. The summed E-state index contributed by atoms with van der Waals surface area (Å²) < 4.78 is 0. The van der Waals surface area contributed by atoms with Crippen molar-refractivity contribution in [2.24, 2.45) is 0 Å². The number of H-pyrrole nitrogens is 1. The van der Waals surface area contributed by atoms with E-state index in [-0.39, 0.29) is 0 Å². The van der Waals surface area contributed by atoms with Crippen molar-refractivity contribution in [2.45, 2.75) is 4.90 Å². The Labute approximate surface area is 137 Å². The minimum Gasteiger partial charge on any atom is -0.338 e. The van der Waals surface area contributed by atoms with Gasteiger partial charge in [-0.1, -0.05) is 12.1 Å². The molecule has 3 heterocycles. The molecule has 4 rings (SSSR count). The number of fused-ring (bicyclic) bond motifs is 3. The van der Waals surface area contributed by atoms with Gasteiger partial charge in [-0.05, 0) is 36.1 Å². The Morgan fingerprint density at radius 1 is 1.00 bits per heavy atom. The summed E-state index contributed by atoms with van der Waals surface area (Å²) in [4.78, 5) is 13.1. The molecule has 110 valence electrons. The Hall–Kier alpha value is -2.84. The maximum Gasteiger partial charge on any atom is 0.141 e. The minimum atomic E-state index is 0.410. The molecule has 0 aliphatic heterocycles. The highest BCUT2D eigenvalue weighted by Crippen LogP contribution is 2.29. The van der Waals surface area contributed by atoms with Gasteiger partial charge in [0.15, 0.2) is 0 Å². The Morgan fingerprint density at radius 2 is 1.83 bits per heavy atom. The zero-order valence-electron chi connectivity index (χ0n) is 12.4. The van der Waals surface area contributed by atoms with Gasteiger partial charge in [0.2, 0.25) is 0 Å². The van der Waals surface area contributed by atoms with Crippen LogP contribution < -0.4 is 0 Å². The van der Waals surface area contributed by atoms with Crippen LogP contribution in [0.5, 0.6) is 0 Å². The lowest BCUT2D eigenvalue weighted by Gasteiger charge is -2.03. The van der Waals surface area contributed by atoms with Gasteiger partial charge in [-0.15, -0.1) is 11.8 Å². The second-order valence-corrected chi connectivity index (χ2v) is 6.08. The van der Waals surface area contributed by atoms with Gasteiger partial charge >= 0.3 is 0 Å². The van der Waals surface area contributed by atoms with Crippen LogP contribution in [-0.4, -0.2) is 21.2 Å². The number of rotatable bonds is 2. The van der Waals surface area contributed by atoms with Gasteiger partial charge < -0.3 is 4.98 Å². The lowest BCUT2D eigenvalue weighted by molar-refractivity contribution is 1.27. The van der Waals surface area contributed by atoms with Gasteiger partial charge in [0.1, 0.15) is 17.4 Å². The molecule has 23 heavy (non-hydrogen) atoms. The normalized spacial score (nSPS) is 11.0. The van der Waals surface area contributed by atoms with Crippen molar-refractivity contribution in [2.75, 3.05) is 6.26 Å². The maximum absolute atomic E-state index is 9.05. The van der Waals surface area contributed by atoms with Crippen LogP contribution in [0.4, 0.5) is 0 Å². The fraction of sp³-hybridized carbons (Fsp3) is 0.0556. The third-order valence-electron chi connectivity index (χ3n) is 3.87. The van der Waals surface area contributed by atoms with Crippen molar-refractivity contribution in [3.63, 3.8) is 0 Å². The van der Waals surface area contributed by atoms with E-state index >= 15 is 0 Å². The van der Waals surface area contributed by atoms with Crippen LogP contribution in [0.1, 0.15) is 5.69 Å². The number of nitrogens with one attached hydrogen (secondary N) is 1. The van der Waals surface area contributed by atoms with Crippen molar-refractivity contribution in [1.29, 1.82) is 5.26 Å². The molecule has 0 saturated carbocycles. The first kappa shape index (κ1) is 13.8. The van der Waals surface area contributed by atoms with Gasteiger partial charge in [0.05, 0.1) is 11.7 Å². The number of benzene rings is 1. The van der Waals surface area contributed by atoms with E-state index in [0.29, 0.717) is 5.69 Å². The summed E-state index contributed by atoms with van der Waals surface area (Å²) in [5, 5.41) is 11.0. The molecule has 0 atom stereocenters. The topological polar surface area (TPSA) is 65.4 Å². The molecule has 0 radical (unpaired) electrons. The fourth-order valence-electron chi connectivity index (χ4n) is 2.68. The molecule has 0 aliphatic rings. The van der Waals surface area contributed by atoms with Crippen LogP contribution in [0.2, 0.25) is 0 Å². The average molecular weight is 316 g/mol. The number of pyridine rings is 2. The second-order valence-electron chi connectivity index (χ2n) is 5.20. The molecule has 3 aromatic heterocycles. The van der Waals surface area contributed by atoms with E-state index in [1.54, 1.807) is 24.0 Å². The molecular weight excluding hydrogens is 304 g/mol. The molecule has 5 heteroatoms. The van der Waals surface area contributed by atoms with Gasteiger partial charge in [-0.2, -0.15) is 5.26 Å². The smallest absolute Gasteiger partial charge is 0.141 e. The van der Waals surface area contributed by atoms with E-state index in [4.69, 9.17) is 5.26 Å². The minimum absolute atomic E-state index is 0.410. The third kappa shape index (κ3) is 2.33. The molecule has 0 aliphatic carbocycles. The highest BCUT2D eigenvalue weighted by atomic mass is 32.2. The van der Waals surface area contributed by atoms with Gasteiger partial charge in [0, 0.05) is 27.4 Å². The Bertz CT molecular complexity index is 1060. The van der Waals surface area contributed by atoms with Crippen LogP contribution in [0.15, 0.2) is 53.7 Å². The zero-order chi connectivity index (χ0) is 15.8. The molecule has 0 spiro atoms. The molecule has 0 fully saturated rings. The van der Waals surface area contributed by atoms with Crippen molar-refractivity contribution in [1.82, 2.24) is 15.0 Å². The zero-order valence-corrected chi connectivity index (χ0v) is 13.2. The fourth-order valence-corrected chi connectivity index (χ4v) is 3.09. The van der Waals surface area contributed by atoms with Crippen LogP contribution in [-0.2, 0) is 0 Å². The standard InChI is InChI=1S/C18H12N4S/c1-23-14-4-2-11(3-5-14)12-6-16-15-7-13(8-19)20-10-17(15)22-18(16)21-9-12/h2-7,9-10H,1H3,(H,21,22). The predicted molar refractivity (Wildman–Crippen MR) is 93.3 cm³/mol. The van der Waals surface area contributed by atoms with Gasteiger partial charge in [0.25, 0.3) is 0 Å². The molecule has 4 nitrogen and oxygen atoms in total. The van der Waals surface area contributed by atoms with E-state index < -0.39 is 0 Å². The van der Waals surface area contributed by atoms with Crippen molar-refractivity contribution < 1.29 is 0 Å². The van der Waals surface area contributed by atoms with Gasteiger partial charge in [-0.3, -0.25) is 0 Å². The van der Waals surface area contributed by atoms with Gasteiger partial charge in [-0.25, -0.2) is 9.97 Å². The summed E-state index contributed by atoms with van der Waals surface area (Å²) in [5.74, 6) is 0. The van der Waals surface area contributed by atoms with E-state index in [9.17, 15) is 0 Å². The quantitative estimate of drug-likeness (QED) is 0.558. The predicted octanol–water partition coefficient (Wildman–Crippen LogP) is 4.37. The average Bonchev–Trinajstić information content (AvgIpc) is 2.98. The summed E-state index contributed by atoms with van der Waals surface area (Å²) >= 11 is 1.72. The summed E-state index contributed by atoms with van der Waals surface area (Å²) in [5.41, 5.74) is 4.29. The van der Waals surface area contributed by atoms with Crippen LogP contribution in [0.25, 0.3) is 33.1 Å². The number of thioether (sulfide) groups is 1. The molecule has 1 N–H and O–H groups in total. The van der Waals surface area contributed by atoms with E-state index in [1.165, 1.54) is 4.90 Å². The lowest BCUT2D eigenvalue weighted by atomic mass is 10.1. The van der Waals surface area contributed by atoms with Crippen LogP contribution in [0, 0.1) is 11.3 Å². The Kier molecular flexibility index (Phi) is 3.25. The first-order valence-electron chi connectivity index (χ1n) is 7.10. The van der Waals surface area contributed by atoms with Crippen molar-refractivity contribution in [3.8, 4) is 17.2 Å². The third-order valence-corrected chi connectivity index (χ3v) is 4.62. The molecule has 1 aromatic carbocycles. The maximum atomic E-state index is 9.05. The number of aromatic amines is 1. The Morgan fingerprint density at radius 3 is 2.57 bits per heavy atom. The molecule has 0 bridgehead atoms. The first-order chi connectivity index (χ1) is 11.3. The second kappa shape index (κ2) is 5.41. The number of hydrogen-bond donors (Lipinski definition) is 1. The number of hydrogen-bond acceptors (Lipinski definition) is 4.